The number of hydrogen-bond acceptors (Lipinski definition) is 5. The number of amides is 1. The Morgan fingerprint density at radius 3 is 3.08 bits per heavy atom. The molecule has 2 N–H and O–H groups in total. The molecule has 0 saturated carbocycles. The summed E-state index contributed by atoms with van der Waals surface area (Å²) in [5.41, 5.74) is 3.41. The van der Waals surface area contributed by atoms with E-state index in [0.29, 0.717) is 12.8 Å². The summed E-state index contributed by atoms with van der Waals surface area (Å²) in [6.07, 6.45) is 7.02. The maximum absolute atomic E-state index is 12.2. The minimum Gasteiger partial charge on any atom is -0.317 e. The second-order valence-electron chi connectivity index (χ2n) is 5.87. The molecule has 6 heteroatoms. The quantitative estimate of drug-likeness (QED) is 0.685. The van der Waals surface area contributed by atoms with Gasteiger partial charge in [0.05, 0.1) is 10.2 Å². The molecule has 126 valence electrons. The van der Waals surface area contributed by atoms with Gasteiger partial charge in [0.25, 0.3) is 0 Å². The van der Waals surface area contributed by atoms with Gasteiger partial charge in [-0.15, -0.1) is 35.0 Å². The average molecular weight is 367 g/mol. The lowest BCUT2D eigenvalue weighted by atomic mass is 10.0. The molecule has 1 amide bonds. The lowest BCUT2D eigenvalue weighted by molar-refractivity contribution is -0.116. The van der Waals surface area contributed by atoms with E-state index in [1.165, 1.54) is 10.4 Å². The number of aromatic nitrogens is 1. The van der Waals surface area contributed by atoms with Crippen LogP contribution in [-0.2, 0) is 17.8 Å². The highest BCUT2D eigenvalue weighted by Gasteiger charge is 2.24. The van der Waals surface area contributed by atoms with Gasteiger partial charge in [0.15, 0.2) is 0 Å². The molecule has 0 aliphatic carbocycles. The number of nitrogens with zero attached hydrogens (tertiary/aromatic N) is 1. The zero-order chi connectivity index (χ0) is 17.2. The Morgan fingerprint density at radius 1 is 1.36 bits per heavy atom. The van der Waals surface area contributed by atoms with Crippen LogP contribution >= 0.6 is 22.7 Å². The van der Waals surface area contributed by atoms with Crippen molar-refractivity contribution in [1.82, 2.24) is 10.3 Å². The maximum atomic E-state index is 12.2. The first-order valence-corrected chi connectivity index (χ1v) is 9.84. The highest BCUT2D eigenvalue weighted by Crippen LogP contribution is 2.44. The molecule has 0 atom stereocenters. The van der Waals surface area contributed by atoms with Gasteiger partial charge in [-0.05, 0) is 30.7 Å². The van der Waals surface area contributed by atoms with Crippen LogP contribution in [0.2, 0.25) is 0 Å². The average Bonchev–Trinajstić information content (AvgIpc) is 3.20. The lowest BCUT2D eigenvalue weighted by Gasteiger charge is -2.13. The first kappa shape index (κ1) is 16.3. The summed E-state index contributed by atoms with van der Waals surface area (Å²) in [6, 6.07) is 8.14. The number of carbonyl (C=O) groups excluding carboxylic acids is 1. The van der Waals surface area contributed by atoms with Gasteiger partial charge in [0.2, 0.25) is 5.91 Å². The van der Waals surface area contributed by atoms with Crippen molar-refractivity contribution in [3.05, 3.63) is 34.7 Å². The van der Waals surface area contributed by atoms with Gasteiger partial charge in [0.1, 0.15) is 10.0 Å². The molecule has 0 bridgehead atoms. The van der Waals surface area contributed by atoms with Crippen LogP contribution in [0.15, 0.2) is 24.3 Å². The van der Waals surface area contributed by atoms with Crippen LogP contribution in [0.4, 0.5) is 5.00 Å². The first-order valence-electron chi connectivity index (χ1n) is 8.21. The Morgan fingerprint density at radius 2 is 2.24 bits per heavy atom. The molecule has 2 aromatic heterocycles. The van der Waals surface area contributed by atoms with Gasteiger partial charge in [-0.2, -0.15) is 0 Å². The summed E-state index contributed by atoms with van der Waals surface area (Å²) in [5, 5.41) is 8.35. The molecule has 3 heterocycles. The Labute approximate surface area is 154 Å². The van der Waals surface area contributed by atoms with Crippen molar-refractivity contribution in [2.45, 2.75) is 25.8 Å². The predicted molar refractivity (Wildman–Crippen MR) is 105 cm³/mol. The molecule has 0 fully saturated rings. The van der Waals surface area contributed by atoms with Crippen molar-refractivity contribution in [2.75, 3.05) is 11.9 Å². The Bertz CT molecular complexity index is 947. The third kappa shape index (κ3) is 3.19. The fraction of sp³-hybridized carbons (Fsp3) is 0.263. The molecule has 0 unspecified atom stereocenters. The fourth-order valence-electron chi connectivity index (χ4n) is 3.00. The Balaban J connectivity index is 1.77. The molecule has 25 heavy (non-hydrogen) atoms. The number of benzene rings is 1. The van der Waals surface area contributed by atoms with Gasteiger partial charge in [-0.1, -0.05) is 12.1 Å². The minimum absolute atomic E-state index is 0.0353. The predicted octanol–water partition coefficient (Wildman–Crippen LogP) is 4.02. The van der Waals surface area contributed by atoms with E-state index in [1.54, 1.807) is 22.7 Å². The van der Waals surface area contributed by atoms with Gasteiger partial charge in [-0.25, -0.2) is 4.98 Å². The van der Waals surface area contributed by atoms with Crippen LogP contribution in [0.25, 0.3) is 20.8 Å². The largest absolute Gasteiger partial charge is 0.317 e. The van der Waals surface area contributed by atoms with Crippen LogP contribution in [0.3, 0.4) is 0 Å². The van der Waals surface area contributed by atoms with E-state index in [-0.39, 0.29) is 5.91 Å². The zero-order valence-electron chi connectivity index (χ0n) is 13.6. The van der Waals surface area contributed by atoms with Gasteiger partial charge < -0.3 is 10.6 Å². The standard InChI is InChI=1S/C19H17N3OS2/c1-2-3-8-16(23)22-19-17(12-9-10-20-11-15(12)25-19)18-21-13-6-4-5-7-14(13)24-18/h1,4-7,20H,3,8-11H2,(H,22,23). The minimum atomic E-state index is -0.0353. The number of anilines is 1. The normalized spacial score (nSPS) is 13.4. The van der Waals surface area contributed by atoms with Crippen LogP contribution in [0.5, 0.6) is 0 Å². The second-order valence-corrected chi connectivity index (χ2v) is 8.01. The Kier molecular flexibility index (Phi) is 4.53. The van der Waals surface area contributed by atoms with Gasteiger partial charge in [0, 0.05) is 29.8 Å². The van der Waals surface area contributed by atoms with E-state index in [0.717, 1.165) is 45.3 Å². The number of rotatable bonds is 4. The number of nitrogens with one attached hydrogen (secondary N) is 2. The van der Waals surface area contributed by atoms with Crippen molar-refractivity contribution < 1.29 is 4.79 Å². The number of thiophene rings is 1. The molecule has 0 spiro atoms. The van der Waals surface area contributed by atoms with Gasteiger partial charge in [-0.3, -0.25) is 4.79 Å². The third-order valence-corrected chi connectivity index (χ3v) is 6.39. The number of thiazole rings is 1. The van der Waals surface area contributed by atoms with E-state index in [4.69, 9.17) is 11.4 Å². The molecular weight excluding hydrogens is 350 g/mol. The summed E-state index contributed by atoms with van der Waals surface area (Å²) < 4.78 is 1.16. The fourth-order valence-corrected chi connectivity index (χ4v) is 5.35. The van der Waals surface area contributed by atoms with Crippen molar-refractivity contribution in [1.29, 1.82) is 0 Å². The monoisotopic (exact) mass is 367 g/mol. The van der Waals surface area contributed by atoms with Crippen molar-refractivity contribution in [3.8, 4) is 22.9 Å². The molecule has 3 aromatic rings. The highest BCUT2D eigenvalue weighted by atomic mass is 32.1. The van der Waals surface area contributed by atoms with Crippen LogP contribution in [0, 0.1) is 12.3 Å². The molecule has 1 aromatic carbocycles. The van der Waals surface area contributed by atoms with E-state index in [1.807, 2.05) is 18.2 Å². The van der Waals surface area contributed by atoms with E-state index in [9.17, 15) is 4.79 Å². The number of hydrogen-bond donors (Lipinski definition) is 2. The molecule has 4 nitrogen and oxygen atoms in total. The second kappa shape index (κ2) is 6.96. The number of terminal acetylenes is 1. The summed E-state index contributed by atoms with van der Waals surface area (Å²) in [5.74, 6) is 2.48. The third-order valence-electron chi connectivity index (χ3n) is 4.19. The van der Waals surface area contributed by atoms with Crippen LogP contribution < -0.4 is 10.6 Å². The van der Waals surface area contributed by atoms with Gasteiger partial charge >= 0.3 is 0 Å². The number of carbonyl (C=O) groups is 1. The smallest absolute Gasteiger partial charge is 0.225 e. The number of fused-ring (bicyclic) bond motifs is 2. The summed E-state index contributed by atoms with van der Waals surface area (Å²) in [6.45, 7) is 1.80. The summed E-state index contributed by atoms with van der Waals surface area (Å²) >= 11 is 3.33. The van der Waals surface area contributed by atoms with Crippen molar-refractivity contribution in [3.63, 3.8) is 0 Å². The topological polar surface area (TPSA) is 54.0 Å². The molecule has 1 aliphatic heterocycles. The summed E-state index contributed by atoms with van der Waals surface area (Å²) in [7, 11) is 0. The number of para-hydroxylation sites is 1. The van der Waals surface area contributed by atoms with E-state index in [2.05, 4.69) is 22.6 Å². The van der Waals surface area contributed by atoms with Crippen LogP contribution in [-0.4, -0.2) is 17.4 Å². The highest BCUT2D eigenvalue weighted by molar-refractivity contribution is 7.22. The summed E-state index contributed by atoms with van der Waals surface area (Å²) in [4.78, 5) is 18.3. The molecule has 0 saturated heterocycles. The van der Waals surface area contributed by atoms with Crippen molar-refractivity contribution >= 4 is 43.8 Å². The molecule has 0 radical (unpaired) electrons. The van der Waals surface area contributed by atoms with Crippen LogP contribution in [0.1, 0.15) is 23.3 Å². The first-order chi connectivity index (χ1) is 12.3. The maximum Gasteiger partial charge on any atom is 0.225 e. The van der Waals surface area contributed by atoms with E-state index >= 15 is 0 Å². The molecule has 4 rings (SSSR count). The van der Waals surface area contributed by atoms with Crippen molar-refractivity contribution in [2.24, 2.45) is 0 Å². The molecule has 1 aliphatic rings. The zero-order valence-corrected chi connectivity index (χ0v) is 15.2. The molecular formula is C19H17N3OS2. The Hall–Kier alpha value is -2.20. The van der Waals surface area contributed by atoms with E-state index < -0.39 is 0 Å². The SMILES string of the molecule is C#CCCC(=O)Nc1sc2c(c1-c1nc3ccccc3s1)CCNC2. The lowest BCUT2D eigenvalue weighted by Crippen LogP contribution is -2.22.